The van der Waals surface area contributed by atoms with Gasteiger partial charge in [0.2, 0.25) is 0 Å². The van der Waals surface area contributed by atoms with Gasteiger partial charge in [-0.25, -0.2) is 4.39 Å². The van der Waals surface area contributed by atoms with E-state index in [9.17, 15) is 4.39 Å². The van der Waals surface area contributed by atoms with E-state index in [0.29, 0.717) is 10.8 Å². The fourth-order valence-electron chi connectivity index (χ4n) is 3.08. The van der Waals surface area contributed by atoms with Crippen LogP contribution >= 0.6 is 12.2 Å². The van der Waals surface area contributed by atoms with Crippen LogP contribution in [0.4, 0.5) is 10.1 Å². The Morgan fingerprint density at radius 2 is 2.04 bits per heavy atom. The molecule has 0 aliphatic carbocycles. The molecule has 2 aromatic rings. The van der Waals surface area contributed by atoms with Crippen LogP contribution in [0.5, 0.6) is 0 Å². The summed E-state index contributed by atoms with van der Waals surface area (Å²) in [6.45, 7) is 9.67. The zero-order chi connectivity index (χ0) is 17.8. The van der Waals surface area contributed by atoms with Crippen molar-refractivity contribution >= 4 is 23.0 Å². The first-order chi connectivity index (χ1) is 12.1. The molecule has 0 unspecified atom stereocenters. The molecule has 25 heavy (non-hydrogen) atoms. The van der Waals surface area contributed by atoms with Gasteiger partial charge in [0.1, 0.15) is 5.82 Å². The van der Waals surface area contributed by atoms with E-state index in [1.807, 2.05) is 16.9 Å². The number of halogens is 1. The average molecular weight is 361 g/mol. The minimum Gasteiger partial charge on any atom is -0.346 e. The number of piperazine rings is 1. The van der Waals surface area contributed by atoms with Gasteiger partial charge < -0.3 is 10.2 Å². The fraction of sp³-hybridized carbons (Fsp3) is 0.444. The van der Waals surface area contributed by atoms with E-state index in [4.69, 9.17) is 12.2 Å². The summed E-state index contributed by atoms with van der Waals surface area (Å²) < 4.78 is 15.3. The molecule has 134 valence electrons. The molecule has 0 bridgehead atoms. The maximum atomic E-state index is 13.3. The van der Waals surface area contributed by atoms with Gasteiger partial charge in [-0.3, -0.25) is 9.58 Å². The topological polar surface area (TPSA) is 36.3 Å². The third-order valence-electron chi connectivity index (χ3n) is 4.63. The van der Waals surface area contributed by atoms with Crippen LogP contribution in [0.25, 0.3) is 0 Å². The van der Waals surface area contributed by atoms with E-state index in [1.165, 1.54) is 23.4 Å². The summed E-state index contributed by atoms with van der Waals surface area (Å²) in [6.07, 6.45) is 1.97. The molecule has 1 fully saturated rings. The standard InChI is InChI=1S/C18H24FN5S/c1-3-24-14(2)15(12-20-24)13-22-7-9-23(10-8-22)18(25)21-17-6-4-5-16(19)11-17/h4-6,11-12H,3,7-10,13H2,1-2H3,(H,21,25). The zero-order valence-corrected chi connectivity index (χ0v) is 15.5. The van der Waals surface area contributed by atoms with E-state index >= 15 is 0 Å². The minimum absolute atomic E-state index is 0.263. The van der Waals surface area contributed by atoms with E-state index in [0.717, 1.165) is 39.3 Å². The van der Waals surface area contributed by atoms with Crippen LogP contribution in [0.1, 0.15) is 18.2 Å². The lowest BCUT2D eigenvalue weighted by Crippen LogP contribution is -2.49. The highest BCUT2D eigenvalue weighted by Crippen LogP contribution is 2.14. The van der Waals surface area contributed by atoms with Crippen molar-refractivity contribution in [3.05, 3.63) is 47.5 Å². The van der Waals surface area contributed by atoms with Crippen molar-refractivity contribution in [2.24, 2.45) is 0 Å². The Hall–Kier alpha value is -1.99. The summed E-state index contributed by atoms with van der Waals surface area (Å²) in [7, 11) is 0. The highest BCUT2D eigenvalue weighted by atomic mass is 32.1. The SMILES string of the molecule is CCn1ncc(CN2CCN(C(=S)Nc3cccc(F)c3)CC2)c1C. The van der Waals surface area contributed by atoms with Crippen LogP contribution in [-0.4, -0.2) is 50.9 Å². The molecule has 1 aliphatic heterocycles. The molecule has 0 amide bonds. The Morgan fingerprint density at radius 1 is 1.28 bits per heavy atom. The molecule has 0 saturated carbocycles. The average Bonchev–Trinajstić information content (AvgIpc) is 2.95. The molecule has 0 radical (unpaired) electrons. The van der Waals surface area contributed by atoms with Gasteiger partial charge in [0.05, 0.1) is 6.20 Å². The molecule has 1 N–H and O–H groups in total. The molecule has 2 heterocycles. The van der Waals surface area contributed by atoms with Crippen molar-refractivity contribution in [3.63, 3.8) is 0 Å². The molecule has 1 saturated heterocycles. The number of rotatable bonds is 4. The van der Waals surface area contributed by atoms with Crippen LogP contribution in [0.3, 0.4) is 0 Å². The van der Waals surface area contributed by atoms with Crippen molar-refractivity contribution in [2.45, 2.75) is 26.9 Å². The second-order valence-corrected chi connectivity index (χ2v) is 6.66. The monoisotopic (exact) mass is 361 g/mol. The number of aryl methyl sites for hydroxylation is 1. The first kappa shape index (κ1) is 17.8. The fourth-order valence-corrected chi connectivity index (χ4v) is 3.38. The second kappa shape index (κ2) is 7.93. The molecule has 0 spiro atoms. The lowest BCUT2D eigenvalue weighted by molar-refractivity contribution is 0.176. The van der Waals surface area contributed by atoms with Crippen LogP contribution in [0.2, 0.25) is 0 Å². The van der Waals surface area contributed by atoms with Crippen LogP contribution in [0, 0.1) is 12.7 Å². The molecule has 5 nitrogen and oxygen atoms in total. The number of aromatic nitrogens is 2. The number of nitrogens with one attached hydrogen (secondary N) is 1. The first-order valence-electron chi connectivity index (χ1n) is 8.62. The normalized spacial score (nSPS) is 15.4. The summed E-state index contributed by atoms with van der Waals surface area (Å²) in [4.78, 5) is 4.56. The molecule has 7 heteroatoms. The number of anilines is 1. The highest BCUT2D eigenvalue weighted by molar-refractivity contribution is 7.80. The van der Waals surface area contributed by atoms with Crippen molar-refractivity contribution < 1.29 is 4.39 Å². The summed E-state index contributed by atoms with van der Waals surface area (Å²) in [6, 6.07) is 6.38. The Balaban J connectivity index is 1.51. The quantitative estimate of drug-likeness (QED) is 0.848. The van der Waals surface area contributed by atoms with E-state index < -0.39 is 0 Å². The second-order valence-electron chi connectivity index (χ2n) is 6.27. The van der Waals surface area contributed by atoms with Crippen LogP contribution in [0.15, 0.2) is 30.5 Å². The summed E-state index contributed by atoms with van der Waals surface area (Å²) in [5.41, 5.74) is 3.22. The minimum atomic E-state index is -0.263. The maximum absolute atomic E-state index is 13.3. The highest BCUT2D eigenvalue weighted by Gasteiger charge is 2.20. The lowest BCUT2D eigenvalue weighted by Gasteiger charge is -2.36. The molecule has 1 aliphatic rings. The summed E-state index contributed by atoms with van der Waals surface area (Å²) in [5.74, 6) is -0.263. The van der Waals surface area contributed by atoms with Gasteiger partial charge in [0, 0.05) is 56.2 Å². The van der Waals surface area contributed by atoms with Gasteiger partial charge >= 0.3 is 0 Å². The van der Waals surface area contributed by atoms with Gasteiger partial charge in [-0.15, -0.1) is 0 Å². The van der Waals surface area contributed by atoms with Crippen molar-refractivity contribution in [2.75, 3.05) is 31.5 Å². The Kier molecular flexibility index (Phi) is 5.65. The summed E-state index contributed by atoms with van der Waals surface area (Å²) in [5, 5.41) is 8.19. The van der Waals surface area contributed by atoms with Gasteiger partial charge in [-0.2, -0.15) is 5.10 Å². The Bertz CT molecular complexity index is 737. The maximum Gasteiger partial charge on any atom is 0.173 e. The molecule has 1 aromatic carbocycles. The number of thiocarbonyl (C=S) groups is 1. The van der Waals surface area contributed by atoms with Gasteiger partial charge in [0.25, 0.3) is 0 Å². The first-order valence-corrected chi connectivity index (χ1v) is 9.02. The number of benzene rings is 1. The number of hydrogen-bond donors (Lipinski definition) is 1. The van der Waals surface area contributed by atoms with Crippen LogP contribution < -0.4 is 5.32 Å². The van der Waals surface area contributed by atoms with Crippen LogP contribution in [-0.2, 0) is 13.1 Å². The van der Waals surface area contributed by atoms with Crippen molar-refractivity contribution in [3.8, 4) is 0 Å². The predicted molar refractivity (Wildman–Crippen MR) is 102 cm³/mol. The zero-order valence-electron chi connectivity index (χ0n) is 14.7. The number of hydrogen-bond acceptors (Lipinski definition) is 3. The summed E-state index contributed by atoms with van der Waals surface area (Å²) >= 11 is 5.47. The van der Waals surface area contributed by atoms with Gasteiger partial charge in [-0.1, -0.05) is 6.07 Å². The molecule has 3 rings (SSSR count). The largest absolute Gasteiger partial charge is 0.346 e. The van der Waals surface area contributed by atoms with E-state index in [1.54, 1.807) is 6.07 Å². The number of nitrogens with zero attached hydrogens (tertiary/aromatic N) is 4. The third kappa shape index (κ3) is 4.35. The molecule has 1 aromatic heterocycles. The Morgan fingerprint density at radius 3 is 2.68 bits per heavy atom. The smallest absolute Gasteiger partial charge is 0.173 e. The van der Waals surface area contributed by atoms with E-state index in [2.05, 4.69) is 34.1 Å². The lowest BCUT2D eigenvalue weighted by atomic mass is 10.2. The van der Waals surface area contributed by atoms with Gasteiger partial charge in [0.15, 0.2) is 5.11 Å². The molecular weight excluding hydrogens is 337 g/mol. The predicted octanol–water partition coefficient (Wildman–Crippen LogP) is 2.87. The Labute approximate surface area is 153 Å². The van der Waals surface area contributed by atoms with Gasteiger partial charge in [-0.05, 0) is 44.3 Å². The van der Waals surface area contributed by atoms with Crippen molar-refractivity contribution in [1.29, 1.82) is 0 Å². The molecular formula is C18H24FN5S. The third-order valence-corrected chi connectivity index (χ3v) is 4.99. The van der Waals surface area contributed by atoms with E-state index in [-0.39, 0.29) is 5.82 Å². The van der Waals surface area contributed by atoms with Crippen molar-refractivity contribution in [1.82, 2.24) is 19.6 Å². The molecule has 0 atom stereocenters.